The van der Waals surface area contributed by atoms with E-state index in [-0.39, 0.29) is 17.9 Å². The van der Waals surface area contributed by atoms with Crippen molar-refractivity contribution in [1.82, 2.24) is 0 Å². The minimum absolute atomic E-state index is 0.142. The molecule has 0 N–H and O–H groups in total. The van der Waals surface area contributed by atoms with Gasteiger partial charge >= 0.3 is 11.9 Å². The molecule has 0 aliphatic rings. The molecule has 0 fully saturated rings. The molecular formula is C27H29NO6. The van der Waals surface area contributed by atoms with Crippen molar-refractivity contribution in [3.05, 3.63) is 65.2 Å². The van der Waals surface area contributed by atoms with E-state index in [4.69, 9.17) is 24.2 Å². The molecule has 0 atom stereocenters. The summed E-state index contributed by atoms with van der Waals surface area (Å²) in [5, 5.41) is 9.17. The van der Waals surface area contributed by atoms with E-state index >= 15 is 0 Å². The number of unbranched alkanes of at least 4 members (excludes halogenated alkanes) is 2. The number of ether oxygens (including phenoxy) is 4. The fourth-order valence-corrected chi connectivity index (χ4v) is 2.94. The highest BCUT2D eigenvalue weighted by atomic mass is 16.5. The van der Waals surface area contributed by atoms with Gasteiger partial charge < -0.3 is 18.9 Å². The second-order valence-electron chi connectivity index (χ2n) is 7.18. The van der Waals surface area contributed by atoms with E-state index in [0.717, 1.165) is 24.8 Å². The van der Waals surface area contributed by atoms with Crippen LogP contribution >= 0.6 is 0 Å². The van der Waals surface area contributed by atoms with Crippen LogP contribution in [0.1, 0.15) is 44.2 Å². The van der Waals surface area contributed by atoms with Gasteiger partial charge in [-0.05, 0) is 60.9 Å². The van der Waals surface area contributed by atoms with E-state index in [1.807, 2.05) is 18.2 Å². The number of carbonyl (C=O) groups excluding carboxylic acids is 2. The number of benzene rings is 2. The van der Waals surface area contributed by atoms with Crippen molar-refractivity contribution in [1.29, 1.82) is 5.26 Å². The molecule has 0 spiro atoms. The van der Waals surface area contributed by atoms with E-state index in [1.54, 1.807) is 50.4 Å². The molecule has 2 aromatic carbocycles. The molecular weight excluding hydrogens is 434 g/mol. The lowest BCUT2D eigenvalue weighted by molar-refractivity contribution is -0.138. The Morgan fingerprint density at radius 2 is 1.85 bits per heavy atom. The first-order chi connectivity index (χ1) is 16.5. The smallest absolute Gasteiger partial charge is 0.348 e. The summed E-state index contributed by atoms with van der Waals surface area (Å²) in [6, 6.07) is 13.7. The number of rotatable bonds is 12. The fourth-order valence-electron chi connectivity index (χ4n) is 2.94. The standard InChI is InChI=1S/C27H29NO6/c1-4-6-7-15-33-24-13-11-20(18-25(24)31-3)12-14-26(29)34-23-10-8-9-21(17-23)16-22(19-28)27(30)32-5-2/h8-14,16-18H,4-7,15H2,1-3H3/b14-12+,22-16+. The number of nitriles is 1. The van der Waals surface area contributed by atoms with Crippen molar-refractivity contribution in [2.75, 3.05) is 20.3 Å². The van der Waals surface area contributed by atoms with Gasteiger partial charge in [0.15, 0.2) is 11.5 Å². The van der Waals surface area contributed by atoms with Gasteiger partial charge in [0, 0.05) is 6.08 Å². The molecule has 178 valence electrons. The van der Waals surface area contributed by atoms with E-state index in [2.05, 4.69) is 6.92 Å². The van der Waals surface area contributed by atoms with Crippen LogP contribution in [-0.4, -0.2) is 32.3 Å². The van der Waals surface area contributed by atoms with Gasteiger partial charge in [0.1, 0.15) is 17.4 Å². The van der Waals surface area contributed by atoms with Crippen LogP contribution in [0.5, 0.6) is 17.2 Å². The average molecular weight is 464 g/mol. The summed E-state index contributed by atoms with van der Waals surface area (Å²) in [5.74, 6) is 0.233. The molecule has 2 aromatic rings. The van der Waals surface area contributed by atoms with Crippen LogP contribution in [0.15, 0.2) is 54.1 Å². The van der Waals surface area contributed by atoms with Crippen LogP contribution in [0.2, 0.25) is 0 Å². The third kappa shape index (κ3) is 8.47. The number of nitrogens with zero attached hydrogens (tertiary/aromatic N) is 1. The Balaban J connectivity index is 2.04. The molecule has 0 aliphatic carbocycles. The summed E-state index contributed by atoms with van der Waals surface area (Å²) in [7, 11) is 1.57. The zero-order valence-electron chi connectivity index (χ0n) is 19.7. The molecule has 0 bridgehead atoms. The van der Waals surface area contributed by atoms with Crippen LogP contribution in [0, 0.1) is 11.3 Å². The van der Waals surface area contributed by atoms with Crippen molar-refractivity contribution < 1.29 is 28.5 Å². The minimum Gasteiger partial charge on any atom is -0.493 e. The maximum Gasteiger partial charge on any atom is 0.348 e. The topological polar surface area (TPSA) is 94.9 Å². The Bertz CT molecular complexity index is 1080. The fraction of sp³-hybridized carbons (Fsp3) is 0.296. The van der Waals surface area contributed by atoms with Crippen LogP contribution in [0.25, 0.3) is 12.2 Å². The summed E-state index contributed by atoms with van der Waals surface area (Å²) in [6.07, 6.45) is 7.50. The molecule has 0 aromatic heterocycles. The minimum atomic E-state index is -0.705. The van der Waals surface area contributed by atoms with Crippen LogP contribution in [0.3, 0.4) is 0 Å². The second-order valence-corrected chi connectivity index (χ2v) is 7.18. The maximum atomic E-state index is 12.3. The highest BCUT2D eigenvalue weighted by Crippen LogP contribution is 2.29. The van der Waals surface area contributed by atoms with Crippen LogP contribution in [0.4, 0.5) is 0 Å². The van der Waals surface area contributed by atoms with Gasteiger partial charge in [0.2, 0.25) is 0 Å². The number of carbonyl (C=O) groups is 2. The normalized spacial score (nSPS) is 11.1. The van der Waals surface area contributed by atoms with Gasteiger partial charge in [-0.1, -0.05) is 38.0 Å². The first-order valence-corrected chi connectivity index (χ1v) is 11.1. The van der Waals surface area contributed by atoms with E-state index in [0.29, 0.717) is 23.7 Å². The molecule has 0 saturated carbocycles. The monoisotopic (exact) mass is 463 g/mol. The molecule has 2 rings (SSSR count). The SMILES string of the molecule is CCCCCOc1ccc(/C=C/C(=O)Oc2cccc(/C=C(\C#N)C(=O)OCC)c2)cc1OC. The van der Waals surface area contributed by atoms with Crippen molar-refractivity contribution >= 4 is 24.1 Å². The second kappa shape index (κ2) is 14.2. The van der Waals surface area contributed by atoms with Gasteiger partial charge in [0.05, 0.1) is 20.3 Å². The van der Waals surface area contributed by atoms with Gasteiger partial charge in [0.25, 0.3) is 0 Å². The molecule has 34 heavy (non-hydrogen) atoms. The summed E-state index contributed by atoms with van der Waals surface area (Å²) >= 11 is 0. The summed E-state index contributed by atoms with van der Waals surface area (Å²) < 4.78 is 21.4. The Hall–Kier alpha value is -4.05. The lowest BCUT2D eigenvalue weighted by Crippen LogP contribution is -2.06. The van der Waals surface area contributed by atoms with E-state index < -0.39 is 11.9 Å². The molecule has 0 aliphatic heterocycles. The highest BCUT2D eigenvalue weighted by molar-refractivity contribution is 5.98. The number of methoxy groups -OCH3 is 1. The lowest BCUT2D eigenvalue weighted by Gasteiger charge is -2.11. The van der Waals surface area contributed by atoms with Crippen molar-refractivity contribution in [2.45, 2.75) is 33.1 Å². The van der Waals surface area contributed by atoms with Crippen LogP contribution < -0.4 is 14.2 Å². The zero-order valence-corrected chi connectivity index (χ0v) is 19.7. The Morgan fingerprint density at radius 3 is 2.56 bits per heavy atom. The quantitative estimate of drug-likeness (QED) is 0.138. The van der Waals surface area contributed by atoms with Gasteiger partial charge in [-0.3, -0.25) is 0 Å². The molecule has 0 heterocycles. The molecule has 0 radical (unpaired) electrons. The Labute approximate surface area is 200 Å². The maximum absolute atomic E-state index is 12.3. The van der Waals surface area contributed by atoms with Crippen molar-refractivity contribution in [2.24, 2.45) is 0 Å². The van der Waals surface area contributed by atoms with Crippen LogP contribution in [-0.2, 0) is 14.3 Å². The Kier molecular flexibility index (Phi) is 10.9. The largest absolute Gasteiger partial charge is 0.493 e. The molecule has 0 saturated heterocycles. The van der Waals surface area contributed by atoms with Crippen molar-refractivity contribution in [3.63, 3.8) is 0 Å². The highest BCUT2D eigenvalue weighted by Gasteiger charge is 2.10. The predicted octanol–water partition coefficient (Wildman–Crippen LogP) is 5.35. The van der Waals surface area contributed by atoms with E-state index in [1.165, 1.54) is 12.2 Å². The number of hydrogen-bond acceptors (Lipinski definition) is 7. The molecule has 7 nitrogen and oxygen atoms in total. The van der Waals surface area contributed by atoms with Gasteiger partial charge in [-0.25, -0.2) is 9.59 Å². The average Bonchev–Trinajstić information content (AvgIpc) is 2.84. The van der Waals surface area contributed by atoms with E-state index in [9.17, 15) is 9.59 Å². The third-order valence-corrected chi connectivity index (χ3v) is 4.61. The summed E-state index contributed by atoms with van der Waals surface area (Å²) in [6.45, 7) is 4.59. The lowest BCUT2D eigenvalue weighted by atomic mass is 10.1. The number of hydrogen-bond donors (Lipinski definition) is 0. The third-order valence-electron chi connectivity index (χ3n) is 4.61. The molecule has 0 unspecified atom stereocenters. The van der Waals surface area contributed by atoms with Gasteiger partial charge in [-0.15, -0.1) is 0 Å². The summed E-state index contributed by atoms with van der Waals surface area (Å²) in [5.41, 5.74) is 1.13. The Morgan fingerprint density at radius 1 is 1.03 bits per heavy atom. The predicted molar refractivity (Wildman–Crippen MR) is 129 cm³/mol. The number of esters is 2. The van der Waals surface area contributed by atoms with Crippen molar-refractivity contribution in [3.8, 4) is 23.3 Å². The molecule has 0 amide bonds. The first kappa shape index (κ1) is 26.2. The first-order valence-electron chi connectivity index (χ1n) is 11.1. The summed E-state index contributed by atoms with van der Waals surface area (Å²) in [4.78, 5) is 24.1. The zero-order chi connectivity index (χ0) is 24.8. The van der Waals surface area contributed by atoms with Gasteiger partial charge in [-0.2, -0.15) is 5.26 Å². The molecule has 7 heteroatoms.